The Morgan fingerprint density at radius 1 is 1.07 bits per heavy atom. The zero-order valence-corrected chi connectivity index (χ0v) is 16.4. The van der Waals surface area contributed by atoms with Gasteiger partial charge in [0.2, 0.25) is 0 Å². The number of rotatable bonds is 4. The Labute approximate surface area is 166 Å². The van der Waals surface area contributed by atoms with E-state index in [2.05, 4.69) is 22.0 Å². The van der Waals surface area contributed by atoms with E-state index >= 15 is 0 Å². The molecule has 0 aliphatic rings. The van der Waals surface area contributed by atoms with E-state index in [1.165, 1.54) is 12.1 Å². The van der Waals surface area contributed by atoms with Gasteiger partial charge in [0.05, 0.1) is 17.6 Å². The number of carboxylic acid groups (broad SMARTS) is 1. The first-order chi connectivity index (χ1) is 12.9. The molecule has 3 aromatic rings. The number of benzene rings is 2. The van der Waals surface area contributed by atoms with Crippen LogP contribution in [0.3, 0.4) is 0 Å². The van der Waals surface area contributed by atoms with Gasteiger partial charge in [-0.2, -0.15) is 5.26 Å². The van der Waals surface area contributed by atoms with Gasteiger partial charge in [-0.05, 0) is 66.9 Å². The molecule has 5 heteroatoms. The lowest BCUT2D eigenvalue weighted by molar-refractivity contribution is -0.255. The van der Waals surface area contributed by atoms with Gasteiger partial charge in [0.25, 0.3) is 0 Å². The number of allylic oxidation sites excluding steroid dienone is 1. The second kappa shape index (κ2) is 7.65. The van der Waals surface area contributed by atoms with Crippen LogP contribution in [0.15, 0.2) is 59.1 Å². The first kappa shape index (κ1) is 18.7. The van der Waals surface area contributed by atoms with Crippen molar-refractivity contribution in [3.8, 4) is 11.8 Å². The average molecular weight is 420 g/mol. The number of nitriles is 1. The molecule has 3 rings (SSSR count). The summed E-state index contributed by atoms with van der Waals surface area (Å²) in [6.45, 7) is 3.95. The van der Waals surface area contributed by atoms with Crippen LogP contribution in [0.25, 0.3) is 17.3 Å². The summed E-state index contributed by atoms with van der Waals surface area (Å²) in [6.07, 6.45) is 1.87. The van der Waals surface area contributed by atoms with Crippen LogP contribution >= 0.6 is 15.9 Å². The molecule has 0 aliphatic carbocycles. The van der Waals surface area contributed by atoms with Gasteiger partial charge < -0.3 is 14.5 Å². The van der Waals surface area contributed by atoms with Crippen molar-refractivity contribution < 1.29 is 9.90 Å². The number of hydrogen-bond donors (Lipinski definition) is 0. The molecule has 0 N–H and O–H groups in total. The van der Waals surface area contributed by atoms with Crippen molar-refractivity contribution in [1.29, 1.82) is 5.26 Å². The normalized spacial score (nSPS) is 11.3. The molecule has 0 fully saturated rings. The number of halogens is 1. The molecule has 0 aliphatic heterocycles. The van der Waals surface area contributed by atoms with Crippen LogP contribution in [-0.2, 0) is 0 Å². The van der Waals surface area contributed by atoms with E-state index in [4.69, 9.17) is 0 Å². The van der Waals surface area contributed by atoms with E-state index in [0.717, 1.165) is 32.7 Å². The predicted octanol–water partition coefficient (Wildman–Crippen LogP) is 4.28. The molecule has 0 saturated carbocycles. The van der Waals surface area contributed by atoms with Crippen molar-refractivity contribution in [2.45, 2.75) is 13.8 Å². The summed E-state index contributed by atoms with van der Waals surface area (Å²) in [7, 11) is 0. The number of aromatic carboxylic acids is 1. The molecule has 0 bridgehead atoms. The van der Waals surface area contributed by atoms with Gasteiger partial charge in [-0.1, -0.05) is 40.2 Å². The van der Waals surface area contributed by atoms with Gasteiger partial charge in [-0.25, -0.2) is 0 Å². The van der Waals surface area contributed by atoms with Crippen LogP contribution in [0.4, 0.5) is 0 Å². The molecule has 0 saturated heterocycles. The number of carbonyl (C=O) groups is 1. The number of aromatic nitrogens is 1. The summed E-state index contributed by atoms with van der Waals surface area (Å²) in [5.74, 6) is -1.20. The fourth-order valence-electron chi connectivity index (χ4n) is 3.04. The lowest BCUT2D eigenvalue weighted by atomic mass is 10.0. The number of aryl methyl sites for hydroxylation is 1. The third-order valence-corrected chi connectivity index (χ3v) is 4.94. The number of carbonyl (C=O) groups excluding carboxylic acids is 1. The van der Waals surface area contributed by atoms with Crippen molar-refractivity contribution in [2.24, 2.45) is 0 Å². The van der Waals surface area contributed by atoms with Crippen molar-refractivity contribution in [3.05, 3.63) is 87.1 Å². The van der Waals surface area contributed by atoms with Crippen LogP contribution in [0, 0.1) is 25.2 Å². The predicted molar refractivity (Wildman–Crippen MR) is 107 cm³/mol. The van der Waals surface area contributed by atoms with Gasteiger partial charge in [-0.3, -0.25) is 0 Å². The minimum atomic E-state index is -1.20. The lowest BCUT2D eigenvalue weighted by Crippen LogP contribution is -2.22. The van der Waals surface area contributed by atoms with Gasteiger partial charge in [0.1, 0.15) is 0 Å². The van der Waals surface area contributed by atoms with Crippen molar-refractivity contribution in [3.63, 3.8) is 0 Å². The van der Waals surface area contributed by atoms with E-state index in [-0.39, 0.29) is 5.56 Å². The van der Waals surface area contributed by atoms with Crippen molar-refractivity contribution >= 4 is 33.5 Å². The number of hydrogen-bond acceptors (Lipinski definition) is 3. The standard InChI is InChI=1S/C22H17BrN2O2/c1-14-11-18(12-19(13-24)16-3-7-20(23)8-4-16)15(2)25(14)21-9-5-17(6-10-21)22(26)27/h3-12H,1-2H3,(H,26,27)/p-1/b19-12+. The second-order valence-electron chi connectivity index (χ2n) is 6.17. The topological polar surface area (TPSA) is 68.8 Å². The summed E-state index contributed by atoms with van der Waals surface area (Å²) in [5.41, 5.74) is 5.33. The Bertz CT molecular complexity index is 1070. The maximum atomic E-state index is 10.9. The molecule has 4 nitrogen and oxygen atoms in total. The Hall–Kier alpha value is -3.10. The van der Waals surface area contributed by atoms with Crippen LogP contribution in [-0.4, -0.2) is 10.5 Å². The Kier molecular flexibility index (Phi) is 5.29. The Balaban J connectivity index is 2.03. The minimum Gasteiger partial charge on any atom is -0.545 e. The van der Waals surface area contributed by atoms with E-state index in [9.17, 15) is 15.2 Å². The molecular formula is C22H16BrN2O2-. The van der Waals surface area contributed by atoms with Crippen LogP contribution in [0.5, 0.6) is 0 Å². The van der Waals surface area contributed by atoms with Crippen LogP contribution in [0.1, 0.15) is 32.9 Å². The molecule has 27 heavy (non-hydrogen) atoms. The lowest BCUT2D eigenvalue weighted by Gasteiger charge is -2.11. The highest BCUT2D eigenvalue weighted by Gasteiger charge is 2.11. The highest BCUT2D eigenvalue weighted by molar-refractivity contribution is 9.10. The fourth-order valence-corrected chi connectivity index (χ4v) is 3.31. The van der Waals surface area contributed by atoms with Crippen LogP contribution < -0.4 is 5.11 Å². The van der Waals surface area contributed by atoms with Crippen molar-refractivity contribution in [2.75, 3.05) is 0 Å². The molecule has 0 radical (unpaired) electrons. The molecule has 0 unspecified atom stereocenters. The first-order valence-corrected chi connectivity index (χ1v) is 9.08. The van der Waals surface area contributed by atoms with Gasteiger partial charge in [0.15, 0.2) is 0 Å². The summed E-state index contributed by atoms with van der Waals surface area (Å²) >= 11 is 3.40. The van der Waals surface area contributed by atoms with E-state index in [1.807, 2.05) is 54.8 Å². The number of carboxylic acids is 1. The molecule has 134 valence electrons. The summed E-state index contributed by atoms with van der Waals surface area (Å²) in [5, 5.41) is 20.5. The minimum absolute atomic E-state index is 0.142. The quantitative estimate of drug-likeness (QED) is 0.592. The molecule has 2 aromatic carbocycles. The molecular weight excluding hydrogens is 404 g/mol. The first-order valence-electron chi connectivity index (χ1n) is 8.29. The summed E-state index contributed by atoms with van der Waals surface area (Å²) in [4.78, 5) is 10.9. The highest BCUT2D eigenvalue weighted by atomic mass is 79.9. The van der Waals surface area contributed by atoms with Gasteiger partial charge in [0, 0.05) is 21.5 Å². The molecule has 1 aromatic heterocycles. The molecule has 0 spiro atoms. The summed E-state index contributed by atoms with van der Waals surface area (Å²) < 4.78 is 2.99. The zero-order chi connectivity index (χ0) is 19.6. The van der Waals surface area contributed by atoms with E-state index in [1.54, 1.807) is 12.1 Å². The SMILES string of the molecule is Cc1cc(/C=C(\C#N)c2ccc(Br)cc2)c(C)n1-c1ccc(C(=O)[O-])cc1. The highest BCUT2D eigenvalue weighted by Crippen LogP contribution is 2.26. The molecule has 0 atom stereocenters. The van der Waals surface area contributed by atoms with E-state index in [0.29, 0.717) is 5.57 Å². The maximum Gasteiger partial charge on any atom is 0.0998 e. The van der Waals surface area contributed by atoms with Gasteiger partial charge >= 0.3 is 0 Å². The maximum absolute atomic E-state index is 10.9. The third kappa shape index (κ3) is 3.86. The smallest absolute Gasteiger partial charge is 0.0998 e. The zero-order valence-electron chi connectivity index (χ0n) is 14.9. The Morgan fingerprint density at radius 2 is 1.67 bits per heavy atom. The largest absolute Gasteiger partial charge is 0.545 e. The third-order valence-electron chi connectivity index (χ3n) is 4.41. The Morgan fingerprint density at radius 3 is 2.22 bits per heavy atom. The monoisotopic (exact) mass is 419 g/mol. The molecule has 0 amide bonds. The van der Waals surface area contributed by atoms with Gasteiger partial charge in [-0.15, -0.1) is 0 Å². The summed E-state index contributed by atoms with van der Waals surface area (Å²) in [6, 6.07) is 18.4. The average Bonchev–Trinajstić information content (AvgIpc) is 2.94. The molecule has 1 heterocycles. The van der Waals surface area contributed by atoms with Crippen molar-refractivity contribution in [1.82, 2.24) is 4.57 Å². The van der Waals surface area contributed by atoms with E-state index < -0.39 is 5.97 Å². The second-order valence-corrected chi connectivity index (χ2v) is 7.09. The number of nitrogens with zero attached hydrogens (tertiary/aromatic N) is 2. The van der Waals surface area contributed by atoms with Crippen LogP contribution in [0.2, 0.25) is 0 Å². The fraction of sp³-hybridized carbons (Fsp3) is 0.0909.